The van der Waals surface area contributed by atoms with E-state index in [1.54, 1.807) is 13.0 Å². The highest BCUT2D eigenvalue weighted by atomic mass is 16.6. The largest absolute Gasteiger partial charge is 0.465 e. The number of hydrogen-bond acceptors (Lipinski definition) is 5. The second-order valence-electron chi connectivity index (χ2n) is 3.71. The summed E-state index contributed by atoms with van der Waals surface area (Å²) in [5.74, 6) is -1.01. The van der Waals surface area contributed by atoms with Crippen molar-refractivity contribution in [1.82, 2.24) is 5.32 Å². The molecule has 0 spiro atoms. The van der Waals surface area contributed by atoms with Crippen LogP contribution >= 0.6 is 0 Å². The molecule has 0 radical (unpaired) electrons. The van der Waals surface area contributed by atoms with Gasteiger partial charge in [-0.3, -0.25) is 19.7 Å². The van der Waals surface area contributed by atoms with E-state index in [0.717, 1.165) is 0 Å². The van der Waals surface area contributed by atoms with Crippen LogP contribution in [0.1, 0.15) is 12.5 Å². The maximum Gasteiger partial charge on any atom is 0.325 e. The van der Waals surface area contributed by atoms with Crippen LogP contribution in [0.15, 0.2) is 30.3 Å². The van der Waals surface area contributed by atoms with E-state index in [9.17, 15) is 19.7 Å². The second-order valence-corrected chi connectivity index (χ2v) is 3.71. The van der Waals surface area contributed by atoms with Crippen molar-refractivity contribution in [3.05, 3.63) is 46.0 Å². The van der Waals surface area contributed by atoms with Gasteiger partial charge in [0.1, 0.15) is 6.54 Å². The lowest BCUT2D eigenvalue weighted by atomic mass is 10.2. The first kappa shape index (κ1) is 15.4. The minimum atomic E-state index is -0.524. The summed E-state index contributed by atoms with van der Waals surface area (Å²) in [6, 6.07) is 5.85. The van der Waals surface area contributed by atoms with Gasteiger partial charge in [-0.1, -0.05) is 12.1 Å². The summed E-state index contributed by atoms with van der Waals surface area (Å²) in [5, 5.41) is 12.9. The van der Waals surface area contributed by atoms with Crippen LogP contribution < -0.4 is 5.32 Å². The van der Waals surface area contributed by atoms with Gasteiger partial charge in [0.15, 0.2) is 0 Å². The lowest BCUT2D eigenvalue weighted by Gasteiger charge is -2.01. The van der Waals surface area contributed by atoms with Crippen LogP contribution in [-0.4, -0.2) is 30.0 Å². The summed E-state index contributed by atoms with van der Waals surface area (Å²) in [6.45, 7) is 1.70. The summed E-state index contributed by atoms with van der Waals surface area (Å²) < 4.78 is 4.64. The molecule has 0 fully saturated rings. The lowest BCUT2D eigenvalue weighted by Crippen LogP contribution is -2.29. The molecule has 0 saturated heterocycles. The zero-order chi connectivity index (χ0) is 15.0. The van der Waals surface area contributed by atoms with E-state index >= 15 is 0 Å². The number of carbonyl (C=O) groups is 2. The predicted molar refractivity (Wildman–Crippen MR) is 71.8 cm³/mol. The molecule has 0 saturated carbocycles. The number of nitrogens with one attached hydrogen (secondary N) is 1. The number of carbonyl (C=O) groups excluding carboxylic acids is 2. The molecular formula is C13H14N2O5. The minimum absolute atomic E-state index is 0.0564. The number of non-ortho nitro benzene ring substituents is 1. The van der Waals surface area contributed by atoms with Crippen molar-refractivity contribution in [3.63, 3.8) is 0 Å². The maximum absolute atomic E-state index is 11.4. The van der Waals surface area contributed by atoms with Crippen LogP contribution in [0.5, 0.6) is 0 Å². The van der Waals surface area contributed by atoms with E-state index in [1.165, 1.54) is 30.4 Å². The third-order valence-corrected chi connectivity index (χ3v) is 2.22. The Morgan fingerprint density at radius 1 is 1.45 bits per heavy atom. The first-order chi connectivity index (χ1) is 9.52. The summed E-state index contributed by atoms with van der Waals surface area (Å²) in [6.07, 6.45) is 2.62. The molecule has 20 heavy (non-hydrogen) atoms. The highest BCUT2D eigenvalue weighted by molar-refractivity contribution is 5.93. The smallest absolute Gasteiger partial charge is 0.325 e. The molecule has 7 nitrogen and oxygen atoms in total. The Morgan fingerprint density at radius 3 is 2.85 bits per heavy atom. The number of amides is 1. The molecule has 0 aliphatic carbocycles. The fourth-order valence-electron chi connectivity index (χ4n) is 1.34. The SMILES string of the molecule is CCOC(=O)CNC(=O)/C=C/c1cccc([N+](=O)[O-])c1. The third-order valence-electron chi connectivity index (χ3n) is 2.22. The highest BCUT2D eigenvalue weighted by Crippen LogP contribution is 2.13. The van der Waals surface area contributed by atoms with Crippen molar-refractivity contribution in [2.75, 3.05) is 13.2 Å². The number of hydrogen-bond donors (Lipinski definition) is 1. The first-order valence-corrected chi connectivity index (χ1v) is 5.89. The molecule has 1 N–H and O–H groups in total. The molecule has 1 aromatic rings. The van der Waals surface area contributed by atoms with Crippen LogP contribution in [0.3, 0.4) is 0 Å². The number of esters is 1. The zero-order valence-electron chi connectivity index (χ0n) is 10.9. The molecule has 0 atom stereocenters. The van der Waals surface area contributed by atoms with Crippen LogP contribution in [0.25, 0.3) is 6.08 Å². The van der Waals surface area contributed by atoms with Crippen molar-refractivity contribution >= 4 is 23.6 Å². The van der Waals surface area contributed by atoms with Crippen LogP contribution in [0.4, 0.5) is 5.69 Å². The van der Waals surface area contributed by atoms with E-state index in [2.05, 4.69) is 10.1 Å². The average molecular weight is 278 g/mol. The lowest BCUT2D eigenvalue weighted by molar-refractivity contribution is -0.384. The van der Waals surface area contributed by atoms with Gasteiger partial charge in [0.05, 0.1) is 11.5 Å². The molecule has 0 heterocycles. The van der Waals surface area contributed by atoms with Crippen molar-refractivity contribution in [3.8, 4) is 0 Å². The quantitative estimate of drug-likeness (QED) is 0.366. The normalized spacial score (nSPS) is 10.2. The van der Waals surface area contributed by atoms with Gasteiger partial charge in [-0.15, -0.1) is 0 Å². The predicted octanol–water partition coefficient (Wildman–Crippen LogP) is 1.29. The monoisotopic (exact) mass is 278 g/mol. The summed E-state index contributed by atoms with van der Waals surface area (Å²) in [5.41, 5.74) is 0.463. The van der Waals surface area contributed by atoms with Crippen molar-refractivity contribution in [2.45, 2.75) is 6.92 Å². The van der Waals surface area contributed by atoms with Gasteiger partial charge >= 0.3 is 5.97 Å². The molecule has 7 heteroatoms. The molecule has 1 aromatic carbocycles. The van der Waals surface area contributed by atoms with Crippen LogP contribution in [0, 0.1) is 10.1 Å². The van der Waals surface area contributed by atoms with E-state index in [-0.39, 0.29) is 18.8 Å². The molecule has 1 rings (SSSR count). The Labute approximate surface area is 115 Å². The molecule has 0 unspecified atom stereocenters. The van der Waals surface area contributed by atoms with Crippen molar-refractivity contribution < 1.29 is 19.2 Å². The molecule has 0 aliphatic rings. The summed E-state index contributed by atoms with van der Waals surface area (Å²) >= 11 is 0. The Hall–Kier alpha value is -2.70. The number of rotatable bonds is 6. The summed E-state index contributed by atoms with van der Waals surface area (Å²) in [7, 11) is 0. The number of nitro benzene ring substituents is 1. The highest BCUT2D eigenvalue weighted by Gasteiger charge is 2.05. The minimum Gasteiger partial charge on any atom is -0.465 e. The molecular weight excluding hydrogens is 264 g/mol. The number of ether oxygens (including phenoxy) is 1. The van der Waals surface area contributed by atoms with Crippen molar-refractivity contribution in [2.24, 2.45) is 0 Å². The van der Waals surface area contributed by atoms with Gasteiger partial charge in [-0.2, -0.15) is 0 Å². The Balaban J connectivity index is 2.55. The van der Waals surface area contributed by atoms with E-state index in [4.69, 9.17) is 0 Å². The average Bonchev–Trinajstić information content (AvgIpc) is 2.43. The van der Waals surface area contributed by atoms with Gasteiger partial charge in [0.2, 0.25) is 5.91 Å². The van der Waals surface area contributed by atoms with E-state index in [1.807, 2.05) is 0 Å². The molecule has 106 valence electrons. The molecule has 0 aliphatic heterocycles. The molecule has 0 bridgehead atoms. The van der Waals surface area contributed by atoms with Crippen LogP contribution in [0.2, 0.25) is 0 Å². The first-order valence-electron chi connectivity index (χ1n) is 5.89. The topological polar surface area (TPSA) is 98.5 Å². The second kappa shape index (κ2) is 7.67. The summed E-state index contributed by atoms with van der Waals surface area (Å²) in [4.78, 5) is 32.5. The third kappa shape index (κ3) is 5.30. The van der Waals surface area contributed by atoms with Crippen molar-refractivity contribution in [1.29, 1.82) is 0 Å². The standard InChI is InChI=1S/C13H14N2O5/c1-2-20-13(17)9-14-12(16)7-6-10-4-3-5-11(8-10)15(18)19/h3-8H,2,9H2,1H3,(H,14,16)/b7-6+. The van der Waals surface area contributed by atoms with E-state index < -0.39 is 16.8 Å². The molecule has 0 aromatic heterocycles. The maximum atomic E-state index is 11.4. The van der Waals surface area contributed by atoms with Gasteiger partial charge in [-0.05, 0) is 18.6 Å². The van der Waals surface area contributed by atoms with Gasteiger partial charge in [0, 0.05) is 18.2 Å². The fraction of sp³-hybridized carbons (Fsp3) is 0.231. The fourth-order valence-corrected chi connectivity index (χ4v) is 1.34. The van der Waals surface area contributed by atoms with Gasteiger partial charge in [-0.25, -0.2) is 0 Å². The molecule has 1 amide bonds. The number of nitrogens with zero attached hydrogens (tertiary/aromatic N) is 1. The Morgan fingerprint density at radius 2 is 2.20 bits per heavy atom. The Bertz CT molecular complexity index is 539. The van der Waals surface area contributed by atoms with Gasteiger partial charge in [0.25, 0.3) is 5.69 Å². The Kier molecular flexibility index (Phi) is 5.89. The zero-order valence-corrected chi connectivity index (χ0v) is 10.9. The number of nitro groups is 1. The van der Waals surface area contributed by atoms with Gasteiger partial charge < -0.3 is 10.1 Å². The van der Waals surface area contributed by atoms with E-state index in [0.29, 0.717) is 5.56 Å². The van der Waals surface area contributed by atoms with Crippen LogP contribution in [-0.2, 0) is 14.3 Å². The number of benzene rings is 1.